The average molecular weight is 232 g/mol. The van der Waals surface area contributed by atoms with Crippen molar-refractivity contribution in [1.82, 2.24) is 0 Å². The summed E-state index contributed by atoms with van der Waals surface area (Å²) in [6, 6.07) is 21.6. The predicted octanol–water partition coefficient (Wildman–Crippen LogP) is 5.12. The lowest BCUT2D eigenvalue weighted by Crippen LogP contribution is -1.87. The highest BCUT2D eigenvalue weighted by atomic mass is 14.1. The van der Waals surface area contributed by atoms with Gasteiger partial charge in [-0.2, -0.15) is 0 Å². The third-order valence-electron chi connectivity index (χ3n) is 3.66. The van der Waals surface area contributed by atoms with Crippen LogP contribution in [0.1, 0.15) is 11.1 Å². The molecule has 0 spiro atoms. The Morgan fingerprint density at radius 2 is 1.44 bits per heavy atom. The first-order chi connectivity index (χ1) is 8.77. The zero-order valence-electron chi connectivity index (χ0n) is 10.8. The van der Waals surface area contributed by atoms with E-state index in [9.17, 15) is 0 Å². The summed E-state index contributed by atoms with van der Waals surface area (Å²) in [5.41, 5.74) is 5.35. The monoisotopic (exact) mass is 232 g/mol. The van der Waals surface area contributed by atoms with Gasteiger partial charge in [0, 0.05) is 0 Å². The summed E-state index contributed by atoms with van der Waals surface area (Å²) in [5.74, 6) is 0. The molecule has 0 fully saturated rings. The summed E-state index contributed by atoms with van der Waals surface area (Å²) >= 11 is 0. The second-order valence-electron chi connectivity index (χ2n) is 4.78. The summed E-state index contributed by atoms with van der Waals surface area (Å²) in [6.45, 7) is 4.39. The van der Waals surface area contributed by atoms with E-state index in [-0.39, 0.29) is 0 Å². The van der Waals surface area contributed by atoms with Crippen LogP contribution in [0.15, 0.2) is 60.7 Å². The average Bonchev–Trinajstić information content (AvgIpc) is 2.43. The van der Waals surface area contributed by atoms with E-state index in [1.165, 1.54) is 33.0 Å². The van der Waals surface area contributed by atoms with Crippen LogP contribution in [0.25, 0.3) is 21.9 Å². The summed E-state index contributed by atoms with van der Waals surface area (Å²) in [7, 11) is 0. The topological polar surface area (TPSA) is 0 Å². The van der Waals surface area contributed by atoms with Gasteiger partial charge >= 0.3 is 0 Å². The molecule has 0 nitrogen and oxygen atoms in total. The Hall–Kier alpha value is -2.08. The van der Waals surface area contributed by atoms with Crippen LogP contribution >= 0.6 is 0 Å². The van der Waals surface area contributed by atoms with Gasteiger partial charge in [-0.15, -0.1) is 0 Å². The lowest BCUT2D eigenvalue weighted by atomic mass is 9.93. The molecule has 0 atom stereocenters. The molecule has 3 rings (SSSR count). The minimum Gasteiger partial charge on any atom is -0.0622 e. The van der Waals surface area contributed by atoms with Gasteiger partial charge in [0.15, 0.2) is 0 Å². The fourth-order valence-electron chi connectivity index (χ4n) is 2.52. The van der Waals surface area contributed by atoms with Crippen LogP contribution in [0.3, 0.4) is 0 Å². The van der Waals surface area contributed by atoms with Crippen molar-refractivity contribution in [2.75, 3.05) is 0 Å². The number of aryl methyl sites for hydroxylation is 2. The van der Waals surface area contributed by atoms with Gasteiger partial charge < -0.3 is 0 Å². The molecule has 0 aliphatic carbocycles. The Kier molecular flexibility index (Phi) is 2.64. The van der Waals surface area contributed by atoms with E-state index >= 15 is 0 Å². The van der Waals surface area contributed by atoms with Crippen LogP contribution in [0, 0.1) is 13.8 Å². The van der Waals surface area contributed by atoms with Crippen LogP contribution in [0.4, 0.5) is 0 Å². The minimum atomic E-state index is 1.29. The summed E-state index contributed by atoms with van der Waals surface area (Å²) < 4.78 is 0. The number of fused-ring (bicyclic) bond motifs is 1. The Morgan fingerprint density at radius 1 is 0.667 bits per heavy atom. The van der Waals surface area contributed by atoms with Gasteiger partial charge in [-0.1, -0.05) is 60.7 Å². The molecule has 0 radical (unpaired) electrons. The van der Waals surface area contributed by atoms with Crippen molar-refractivity contribution in [3.63, 3.8) is 0 Å². The Morgan fingerprint density at radius 3 is 2.22 bits per heavy atom. The van der Waals surface area contributed by atoms with Crippen molar-refractivity contribution >= 4 is 10.8 Å². The lowest BCUT2D eigenvalue weighted by Gasteiger charge is -2.11. The molecule has 0 bridgehead atoms. The highest BCUT2D eigenvalue weighted by Crippen LogP contribution is 2.32. The lowest BCUT2D eigenvalue weighted by molar-refractivity contribution is 1.38. The zero-order valence-corrected chi connectivity index (χ0v) is 10.8. The van der Waals surface area contributed by atoms with Crippen molar-refractivity contribution in [3.8, 4) is 11.1 Å². The number of hydrogen-bond acceptors (Lipinski definition) is 0. The Balaban J connectivity index is 2.40. The van der Waals surface area contributed by atoms with Crippen LogP contribution in [0.5, 0.6) is 0 Å². The molecule has 0 saturated heterocycles. The van der Waals surface area contributed by atoms with E-state index in [2.05, 4.69) is 74.5 Å². The number of benzene rings is 3. The molecule has 3 aromatic carbocycles. The first-order valence-electron chi connectivity index (χ1n) is 6.32. The largest absolute Gasteiger partial charge is 0.0622 e. The quantitative estimate of drug-likeness (QED) is 0.546. The minimum absolute atomic E-state index is 1.29. The maximum Gasteiger partial charge on any atom is -0.00735 e. The van der Waals surface area contributed by atoms with Gasteiger partial charge in [0.1, 0.15) is 0 Å². The smallest absolute Gasteiger partial charge is 0.00735 e. The Labute approximate surface area is 108 Å². The van der Waals surface area contributed by atoms with Gasteiger partial charge in [-0.05, 0) is 46.9 Å². The van der Waals surface area contributed by atoms with E-state index in [0.29, 0.717) is 0 Å². The third kappa shape index (κ3) is 1.70. The standard InChI is InChI=1S/C18H16/c1-13-11-12-16-9-6-10-17(18(16)14(13)2)15-7-4-3-5-8-15/h3-12H,1-2H3. The molecule has 88 valence electrons. The highest BCUT2D eigenvalue weighted by Gasteiger charge is 2.07. The third-order valence-corrected chi connectivity index (χ3v) is 3.66. The van der Waals surface area contributed by atoms with Crippen molar-refractivity contribution < 1.29 is 0 Å². The first kappa shape index (κ1) is 11.0. The van der Waals surface area contributed by atoms with Crippen LogP contribution in [-0.2, 0) is 0 Å². The molecule has 0 heterocycles. The van der Waals surface area contributed by atoms with Gasteiger partial charge in [-0.25, -0.2) is 0 Å². The van der Waals surface area contributed by atoms with Crippen LogP contribution in [-0.4, -0.2) is 0 Å². The maximum absolute atomic E-state index is 2.21. The van der Waals surface area contributed by atoms with Crippen LogP contribution < -0.4 is 0 Å². The molecule has 0 N–H and O–H groups in total. The number of hydrogen-bond donors (Lipinski definition) is 0. The van der Waals surface area contributed by atoms with Gasteiger partial charge in [-0.3, -0.25) is 0 Å². The summed E-state index contributed by atoms with van der Waals surface area (Å²) in [5, 5.41) is 2.70. The number of rotatable bonds is 1. The molecular formula is C18H16. The molecule has 0 aromatic heterocycles. The predicted molar refractivity (Wildman–Crippen MR) is 78.9 cm³/mol. The zero-order chi connectivity index (χ0) is 12.5. The molecular weight excluding hydrogens is 216 g/mol. The van der Waals surface area contributed by atoms with Crippen molar-refractivity contribution in [2.45, 2.75) is 13.8 Å². The maximum atomic E-state index is 2.21. The molecule has 3 aromatic rings. The molecule has 0 heteroatoms. The summed E-state index contributed by atoms with van der Waals surface area (Å²) in [6.07, 6.45) is 0. The van der Waals surface area contributed by atoms with E-state index in [0.717, 1.165) is 0 Å². The molecule has 0 aliphatic heterocycles. The molecule has 0 aliphatic rings. The molecule has 0 amide bonds. The van der Waals surface area contributed by atoms with E-state index in [1.807, 2.05) is 0 Å². The normalized spacial score (nSPS) is 10.8. The molecule has 18 heavy (non-hydrogen) atoms. The highest BCUT2D eigenvalue weighted by molar-refractivity contribution is 5.99. The second kappa shape index (κ2) is 4.30. The van der Waals surface area contributed by atoms with Crippen molar-refractivity contribution in [3.05, 3.63) is 71.8 Å². The second-order valence-corrected chi connectivity index (χ2v) is 4.78. The SMILES string of the molecule is Cc1ccc2cccc(-c3ccccc3)c2c1C. The molecule has 0 unspecified atom stereocenters. The van der Waals surface area contributed by atoms with Gasteiger partial charge in [0.2, 0.25) is 0 Å². The van der Waals surface area contributed by atoms with Gasteiger partial charge in [0.05, 0.1) is 0 Å². The van der Waals surface area contributed by atoms with Crippen molar-refractivity contribution in [1.29, 1.82) is 0 Å². The van der Waals surface area contributed by atoms with E-state index in [1.54, 1.807) is 0 Å². The fraction of sp³-hybridized carbons (Fsp3) is 0.111. The van der Waals surface area contributed by atoms with Gasteiger partial charge in [0.25, 0.3) is 0 Å². The van der Waals surface area contributed by atoms with Crippen LogP contribution in [0.2, 0.25) is 0 Å². The van der Waals surface area contributed by atoms with Crippen molar-refractivity contribution in [2.24, 2.45) is 0 Å². The Bertz CT molecular complexity index is 694. The molecule has 0 saturated carbocycles. The first-order valence-corrected chi connectivity index (χ1v) is 6.32. The van der Waals surface area contributed by atoms with E-state index in [4.69, 9.17) is 0 Å². The van der Waals surface area contributed by atoms with E-state index < -0.39 is 0 Å². The fourth-order valence-corrected chi connectivity index (χ4v) is 2.52. The summed E-state index contributed by atoms with van der Waals surface area (Å²) in [4.78, 5) is 0.